The Morgan fingerprint density at radius 1 is 0.938 bits per heavy atom. The first-order valence-electron chi connectivity index (χ1n) is 10.9. The van der Waals surface area contributed by atoms with Crippen molar-refractivity contribution in [3.63, 3.8) is 0 Å². The summed E-state index contributed by atoms with van der Waals surface area (Å²) in [6, 6.07) is 16.7. The van der Waals surface area contributed by atoms with Crippen molar-refractivity contribution < 1.29 is 18.0 Å². The first-order chi connectivity index (χ1) is 15.3. The lowest BCUT2D eigenvalue weighted by atomic mass is 10.0. The van der Waals surface area contributed by atoms with Gasteiger partial charge in [-0.3, -0.25) is 9.59 Å². The fourth-order valence-electron chi connectivity index (χ4n) is 3.67. The summed E-state index contributed by atoms with van der Waals surface area (Å²) in [5.74, 6) is -0.0789. The zero-order chi connectivity index (χ0) is 23.1. The maximum atomic E-state index is 12.8. The third kappa shape index (κ3) is 6.17. The number of hydrogen-bond acceptors (Lipinski definition) is 4. The van der Waals surface area contributed by atoms with Crippen LogP contribution in [0.25, 0.3) is 0 Å². The predicted octanol–water partition coefficient (Wildman–Crippen LogP) is 2.53. The summed E-state index contributed by atoms with van der Waals surface area (Å²) >= 11 is 0. The highest BCUT2D eigenvalue weighted by atomic mass is 32.2. The van der Waals surface area contributed by atoms with Crippen LogP contribution in [-0.2, 0) is 19.6 Å². The zero-order valence-electron chi connectivity index (χ0n) is 18.7. The third-order valence-electron chi connectivity index (χ3n) is 5.79. The average Bonchev–Trinajstić information content (AvgIpc) is 2.82. The molecule has 0 unspecified atom stereocenters. The molecule has 0 aromatic heterocycles. The quantitative estimate of drug-likeness (QED) is 0.660. The SMILES string of the molecule is Cc1ccc(S(=O)(=O)N2CCN(C(=O)CCC(=O)NC[C@H](C)c3ccccc3)CC2)cc1. The molecule has 1 saturated heterocycles. The number of rotatable bonds is 8. The normalized spacial score (nSPS) is 15.9. The van der Waals surface area contributed by atoms with Crippen molar-refractivity contribution in [3.05, 3.63) is 65.7 Å². The Morgan fingerprint density at radius 2 is 1.56 bits per heavy atom. The van der Waals surface area contributed by atoms with Gasteiger partial charge in [-0.1, -0.05) is 55.0 Å². The lowest BCUT2D eigenvalue weighted by Crippen LogP contribution is -2.50. The van der Waals surface area contributed by atoms with E-state index >= 15 is 0 Å². The number of benzene rings is 2. The van der Waals surface area contributed by atoms with Crippen molar-refractivity contribution in [1.29, 1.82) is 0 Å². The van der Waals surface area contributed by atoms with Crippen molar-refractivity contribution in [1.82, 2.24) is 14.5 Å². The number of carbonyl (C=O) groups is 2. The van der Waals surface area contributed by atoms with Gasteiger partial charge in [0.25, 0.3) is 0 Å². The molecule has 1 fully saturated rings. The van der Waals surface area contributed by atoms with Gasteiger partial charge < -0.3 is 10.2 Å². The molecule has 3 rings (SSSR count). The average molecular weight is 458 g/mol. The molecule has 2 amide bonds. The van der Waals surface area contributed by atoms with Gasteiger partial charge in [0.15, 0.2) is 0 Å². The zero-order valence-corrected chi connectivity index (χ0v) is 19.5. The van der Waals surface area contributed by atoms with Crippen LogP contribution in [-0.4, -0.2) is 62.2 Å². The van der Waals surface area contributed by atoms with Crippen molar-refractivity contribution >= 4 is 21.8 Å². The van der Waals surface area contributed by atoms with E-state index in [1.807, 2.05) is 44.2 Å². The second-order valence-corrected chi connectivity index (χ2v) is 10.2. The maximum Gasteiger partial charge on any atom is 0.243 e. The van der Waals surface area contributed by atoms with Gasteiger partial charge in [0.05, 0.1) is 4.90 Å². The Hall–Kier alpha value is -2.71. The van der Waals surface area contributed by atoms with E-state index < -0.39 is 10.0 Å². The van der Waals surface area contributed by atoms with Crippen LogP contribution in [0.4, 0.5) is 0 Å². The minimum absolute atomic E-state index is 0.121. The van der Waals surface area contributed by atoms with Crippen molar-refractivity contribution in [2.45, 2.75) is 37.5 Å². The van der Waals surface area contributed by atoms with E-state index in [2.05, 4.69) is 5.32 Å². The number of piperazine rings is 1. The third-order valence-corrected chi connectivity index (χ3v) is 7.70. The van der Waals surface area contributed by atoms with Gasteiger partial charge in [-0.25, -0.2) is 8.42 Å². The highest BCUT2D eigenvalue weighted by Gasteiger charge is 2.30. The Balaban J connectivity index is 1.41. The summed E-state index contributed by atoms with van der Waals surface area (Å²) in [6.45, 7) is 5.64. The Bertz CT molecular complexity index is 1010. The van der Waals surface area contributed by atoms with Gasteiger partial charge in [0.2, 0.25) is 21.8 Å². The smallest absolute Gasteiger partial charge is 0.243 e. The Morgan fingerprint density at radius 3 is 2.19 bits per heavy atom. The number of nitrogens with zero attached hydrogens (tertiary/aromatic N) is 2. The molecule has 8 heteroatoms. The molecule has 0 saturated carbocycles. The van der Waals surface area contributed by atoms with E-state index in [4.69, 9.17) is 0 Å². The lowest BCUT2D eigenvalue weighted by Gasteiger charge is -2.34. The molecule has 1 heterocycles. The molecule has 0 aliphatic carbocycles. The van der Waals surface area contributed by atoms with Gasteiger partial charge >= 0.3 is 0 Å². The summed E-state index contributed by atoms with van der Waals surface area (Å²) in [5, 5.41) is 2.89. The second-order valence-electron chi connectivity index (χ2n) is 8.21. The van der Waals surface area contributed by atoms with Crippen LogP contribution in [0.1, 0.15) is 36.8 Å². The minimum atomic E-state index is -3.56. The largest absolute Gasteiger partial charge is 0.355 e. The Labute approximate surface area is 190 Å². The van der Waals surface area contributed by atoms with Crippen LogP contribution in [0.3, 0.4) is 0 Å². The van der Waals surface area contributed by atoms with Crippen molar-refractivity contribution in [2.24, 2.45) is 0 Å². The number of nitrogens with one attached hydrogen (secondary N) is 1. The van der Waals surface area contributed by atoms with E-state index in [1.54, 1.807) is 29.2 Å². The molecule has 172 valence electrons. The van der Waals surface area contributed by atoms with Gasteiger partial charge in [-0.2, -0.15) is 4.31 Å². The van der Waals surface area contributed by atoms with Gasteiger partial charge in [-0.15, -0.1) is 0 Å². The molecule has 1 atom stereocenters. The molecule has 32 heavy (non-hydrogen) atoms. The first kappa shape index (κ1) is 23.9. The Kier molecular flexibility index (Phi) is 8.04. The molecular weight excluding hydrogens is 426 g/mol. The number of sulfonamides is 1. The highest BCUT2D eigenvalue weighted by molar-refractivity contribution is 7.89. The topological polar surface area (TPSA) is 86.8 Å². The maximum absolute atomic E-state index is 12.8. The van der Waals surface area contributed by atoms with Gasteiger partial charge in [0, 0.05) is 45.6 Å². The summed E-state index contributed by atoms with van der Waals surface area (Å²) in [5.41, 5.74) is 2.15. The lowest BCUT2D eigenvalue weighted by molar-refractivity contribution is -0.134. The summed E-state index contributed by atoms with van der Waals surface area (Å²) in [7, 11) is -3.56. The summed E-state index contributed by atoms with van der Waals surface area (Å²) in [6.07, 6.45) is 0.248. The predicted molar refractivity (Wildman–Crippen MR) is 124 cm³/mol. The number of amides is 2. The van der Waals surface area contributed by atoms with Crippen LogP contribution in [0, 0.1) is 6.92 Å². The molecule has 1 N–H and O–H groups in total. The molecule has 1 aliphatic heterocycles. The molecular formula is C24H31N3O4S. The van der Waals surface area contributed by atoms with E-state index in [1.165, 1.54) is 4.31 Å². The summed E-state index contributed by atoms with van der Waals surface area (Å²) < 4.78 is 27.0. The molecule has 0 spiro atoms. The fraction of sp³-hybridized carbons (Fsp3) is 0.417. The molecule has 0 radical (unpaired) electrons. The highest BCUT2D eigenvalue weighted by Crippen LogP contribution is 2.19. The molecule has 0 bridgehead atoms. The van der Waals surface area contributed by atoms with Gasteiger partial charge in [0.1, 0.15) is 0 Å². The second kappa shape index (κ2) is 10.7. The van der Waals surface area contributed by atoms with Crippen LogP contribution >= 0.6 is 0 Å². The summed E-state index contributed by atoms with van der Waals surface area (Å²) in [4.78, 5) is 26.6. The van der Waals surface area contributed by atoms with E-state index in [9.17, 15) is 18.0 Å². The number of aryl methyl sites for hydroxylation is 1. The standard InChI is InChI=1S/C24H31N3O4S/c1-19-8-10-22(11-9-19)32(30,31)27-16-14-26(15-17-27)24(29)13-12-23(28)25-18-20(2)21-6-4-3-5-7-21/h3-11,20H,12-18H2,1-2H3,(H,25,28)/t20-/m0/s1. The van der Waals surface area contributed by atoms with Crippen LogP contribution in [0.2, 0.25) is 0 Å². The van der Waals surface area contributed by atoms with E-state index in [0.29, 0.717) is 19.6 Å². The van der Waals surface area contributed by atoms with Gasteiger partial charge in [-0.05, 0) is 30.5 Å². The van der Waals surface area contributed by atoms with Crippen LogP contribution < -0.4 is 5.32 Å². The first-order valence-corrected chi connectivity index (χ1v) is 12.4. The molecule has 1 aliphatic rings. The van der Waals surface area contributed by atoms with Crippen molar-refractivity contribution in [2.75, 3.05) is 32.7 Å². The minimum Gasteiger partial charge on any atom is -0.355 e. The number of hydrogen-bond donors (Lipinski definition) is 1. The monoisotopic (exact) mass is 457 g/mol. The van der Waals surface area contributed by atoms with Crippen LogP contribution in [0.5, 0.6) is 0 Å². The number of carbonyl (C=O) groups excluding carboxylic acids is 2. The van der Waals surface area contributed by atoms with E-state index in [0.717, 1.165) is 11.1 Å². The van der Waals surface area contributed by atoms with Crippen LogP contribution in [0.15, 0.2) is 59.5 Å². The fourth-order valence-corrected chi connectivity index (χ4v) is 5.09. The molecule has 2 aromatic rings. The molecule has 2 aromatic carbocycles. The molecule has 7 nitrogen and oxygen atoms in total. The van der Waals surface area contributed by atoms with E-state index in [-0.39, 0.29) is 48.6 Å². The van der Waals surface area contributed by atoms with Crippen molar-refractivity contribution in [3.8, 4) is 0 Å².